The molecule has 0 saturated carbocycles. The second-order valence-corrected chi connectivity index (χ2v) is 6.60. The van der Waals surface area contributed by atoms with Gasteiger partial charge in [-0.05, 0) is 50.6 Å². The Labute approximate surface area is 167 Å². The maximum atomic E-state index is 13.1. The SMILES string of the molecule is Cc1nc(-c2ccc(NCCCNC(=O)c3cccc(F)c3)nc2)[nH]c(=O)c1C. The van der Waals surface area contributed by atoms with Gasteiger partial charge in [-0.3, -0.25) is 9.59 Å². The number of rotatable bonds is 7. The lowest BCUT2D eigenvalue weighted by molar-refractivity contribution is 0.0953. The first-order valence-electron chi connectivity index (χ1n) is 9.25. The van der Waals surface area contributed by atoms with Crippen LogP contribution in [0.5, 0.6) is 0 Å². The Morgan fingerprint density at radius 2 is 2.00 bits per heavy atom. The van der Waals surface area contributed by atoms with Crippen LogP contribution < -0.4 is 16.2 Å². The second kappa shape index (κ2) is 9.09. The summed E-state index contributed by atoms with van der Waals surface area (Å²) >= 11 is 0. The number of benzene rings is 1. The highest BCUT2D eigenvalue weighted by Crippen LogP contribution is 2.15. The smallest absolute Gasteiger partial charge is 0.254 e. The molecule has 3 N–H and O–H groups in total. The van der Waals surface area contributed by atoms with Crippen LogP contribution in [0.25, 0.3) is 11.4 Å². The molecule has 0 aliphatic carbocycles. The van der Waals surface area contributed by atoms with E-state index in [1.807, 2.05) is 6.07 Å². The third kappa shape index (κ3) is 5.25. The fraction of sp³-hybridized carbons (Fsp3) is 0.238. The van der Waals surface area contributed by atoms with Crippen molar-refractivity contribution in [3.8, 4) is 11.4 Å². The first-order valence-corrected chi connectivity index (χ1v) is 9.25. The molecule has 0 radical (unpaired) electrons. The molecule has 2 heterocycles. The number of hydrogen-bond acceptors (Lipinski definition) is 5. The number of halogens is 1. The topological polar surface area (TPSA) is 99.8 Å². The molecule has 0 saturated heterocycles. The van der Waals surface area contributed by atoms with Crippen LogP contribution in [0.4, 0.5) is 10.2 Å². The highest BCUT2D eigenvalue weighted by atomic mass is 19.1. The Hall–Kier alpha value is -3.55. The Bertz CT molecular complexity index is 1060. The van der Waals surface area contributed by atoms with E-state index in [1.54, 1.807) is 32.2 Å². The summed E-state index contributed by atoms with van der Waals surface area (Å²) in [7, 11) is 0. The third-order valence-electron chi connectivity index (χ3n) is 4.46. The summed E-state index contributed by atoms with van der Waals surface area (Å²) in [6.07, 6.45) is 2.32. The number of carbonyl (C=O) groups is 1. The van der Waals surface area contributed by atoms with Gasteiger partial charge in [-0.25, -0.2) is 14.4 Å². The Kier molecular flexibility index (Phi) is 6.33. The predicted molar refractivity (Wildman–Crippen MR) is 109 cm³/mol. The van der Waals surface area contributed by atoms with Gasteiger partial charge >= 0.3 is 0 Å². The summed E-state index contributed by atoms with van der Waals surface area (Å²) in [5.74, 6) is 0.421. The number of H-pyrrole nitrogens is 1. The summed E-state index contributed by atoms with van der Waals surface area (Å²) in [5, 5.41) is 5.91. The standard InChI is InChI=1S/C21H22FN5O2/c1-13-14(2)26-19(27-20(13)28)16-7-8-18(25-12-16)23-9-4-10-24-21(29)15-5-3-6-17(22)11-15/h3,5-8,11-12H,4,9-10H2,1-2H3,(H,23,25)(H,24,29)(H,26,27,28). The highest BCUT2D eigenvalue weighted by molar-refractivity contribution is 5.94. The van der Waals surface area contributed by atoms with Gasteiger partial charge in [0.2, 0.25) is 0 Å². The van der Waals surface area contributed by atoms with Gasteiger partial charge in [-0.1, -0.05) is 6.07 Å². The van der Waals surface area contributed by atoms with Crippen molar-refractivity contribution in [2.45, 2.75) is 20.3 Å². The molecule has 0 bridgehead atoms. The van der Waals surface area contributed by atoms with Gasteiger partial charge < -0.3 is 15.6 Å². The summed E-state index contributed by atoms with van der Waals surface area (Å²) in [4.78, 5) is 35.3. The van der Waals surface area contributed by atoms with E-state index >= 15 is 0 Å². The molecule has 0 fully saturated rings. The highest BCUT2D eigenvalue weighted by Gasteiger charge is 2.07. The number of hydrogen-bond donors (Lipinski definition) is 3. The minimum absolute atomic E-state index is 0.157. The predicted octanol–water partition coefficient (Wildman–Crippen LogP) is 2.82. The second-order valence-electron chi connectivity index (χ2n) is 6.60. The van der Waals surface area contributed by atoms with Gasteiger partial charge in [0.15, 0.2) is 0 Å². The minimum atomic E-state index is -0.436. The van der Waals surface area contributed by atoms with Crippen molar-refractivity contribution in [1.29, 1.82) is 0 Å². The molecule has 0 spiro atoms. The number of carbonyl (C=O) groups excluding carboxylic acids is 1. The zero-order valence-electron chi connectivity index (χ0n) is 16.3. The van der Waals surface area contributed by atoms with E-state index in [9.17, 15) is 14.0 Å². The van der Waals surface area contributed by atoms with E-state index in [-0.39, 0.29) is 11.5 Å². The minimum Gasteiger partial charge on any atom is -0.370 e. The van der Waals surface area contributed by atoms with Crippen LogP contribution in [0.1, 0.15) is 28.0 Å². The van der Waals surface area contributed by atoms with Crippen molar-refractivity contribution < 1.29 is 9.18 Å². The van der Waals surface area contributed by atoms with Crippen LogP contribution >= 0.6 is 0 Å². The summed E-state index contributed by atoms with van der Waals surface area (Å²) in [5.41, 5.74) is 2.15. The first-order chi connectivity index (χ1) is 13.9. The van der Waals surface area contributed by atoms with Crippen molar-refractivity contribution in [3.63, 3.8) is 0 Å². The average molecular weight is 395 g/mol. The molecule has 2 aromatic heterocycles. The lowest BCUT2D eigenvalue weighted by Crippen LogP contribution is -2.25. The molecule has 8 heteroatoms. The van der Waals surface area contributed by atoms with Crippen molar-refractivity contribution in [2.24, 2.45) is 0 Å². The number of amides is 1. The lowest BCUT2D eigenvalue weighted by Gasteiger charge is -2.08. The molecule has 0 aliphatic rings. The number of nitrogens with one attached hydrogen (secondary N) is 3. The van der Waals surface area contributed by atoms with Gasteiger partial charge in [0, 0.05) is 41.7 Å². The van der Waals surface area contributed by atoms with Crippen LogP contribution in [0.15, 0.2) is 47.4 Å². The quantitative estimate of drug-likeness (QED) is 0.534. The molecule has 0 unspecified atom stereocenters. The van der Waals surface area contributed by atoms with Crippen molar-refractivity contribution in [2.75, 3.05) is 18.4 Å². The molecular formula is C21H22FN5O2. The monoisotopic (exact) mass is 395 g/mol. The first kappa shape index (κ1) is 20.2. The summed E-state index contributed by atoms with van der Waals surface area (Å²) in [6, 6.07) is 9.21. The number of pyridine rings is 1. The number of aromatic nitrogens is 3. The van der Waals surface area contributed by atoms with Crippen LogP contribution in [0, 0.1) is 19.7 Å². The number of anilines is 1. The molecule has 7 nitrogen and oxygen atoms in total. The molecule has 29 heavy (non-hydrogen) atoms. The molecule has 1 amide bonds. The molecule has 1 aromatic carbocycles. The van der Waals surface area contributed by atoms with E-state index in [4.69, 9.17) is 0 Å². The molecule has 0 atom stereocenters. The fourth-order valence-electron chi connectivity index (χ4n) is 2.66. The lowest BCUT2D eigenvalue weighted by atomic mass is 10.2. The molecular weight excluding hydrogens is 373 g/mol. The van der Waals surface area contributed by atoms with Gasteiger partial charge in [0.1, 0.15) is 17.5 Å². The zero-order valence-corrected chi connectivity index (χ0v) is 16.3. The van der Waals surface area contributed by atoms with Crippen molar-refractivity contribution >= 4 is 11.7 Å². The van der Waals surface area contributed by atoms with E-state index in [0.717, 1.165) is 5.56 Å². The van der Waals surface area contributed by atoms with Crippen molar-refractivity contribution in [1.82, 2.24) is 20.3 Å². The Morgan fingerprint density at radius 1 is 1.17 bits per heavy atom. The van der Waals surface area contributed by atoms with E-state index in [2.05, 4.69) is 25.6 Å². The van der Waals surface area contributed by atoms with Crippen LogP contribution in [0.3, 0.4) is 0 Å². The summed E-state index contributed by atoms with van der Waals surface area (Å²) < 4.78 is 13.1. The Morgan fingerprint density at radius 3 is 2.69 bits per heavy atom. The number of nitrogens with zero attached hydrogens (tertiary/aromatic N) is 2. The van der Waals surface area contributed by atoms with Gasteiger partial charge in [0.25, 0.3) is 11.5 Å². The normalized spacial score (nSPS) is 10.6. The fourth-order valence-corrected chi connectivity index (χ4v) is 2.66. The average Bonchev–Trinajstić information content (AvgIpc) is 2.71. The van der Waals surface area contributed by atoms with Gasteiger partial charge in [0.05, 0.1) is 0 Å². The van der Waals surface area contributed by atoms with Gasteiger partial charge in [-0.2, -0.15) is 0 Å². The number of aryl methyl sites for hydroxylation is 1. The van der Waals surface area contributed by atoms with Crippen LogP contribution in [0.2, 0.25) is 0 Å². The van der Waals surface area contributed by atoms with E-state index in [1.165, 1.54) is 18.2 Å². The Balaban J connectivity index is 1.47. The maximum absolute atomic E-state index is 13.1. The number of aromatic amines is 1. The van der Waals surface area contributed by atoms with E-state index < -0.39 is 5.82 Å². The third-order valence-corrected chi connectivity index (χ3v) is 4.46. The van der Waals surface area contributed by atoms with Crippen LogP contribution in [-0.4, -0.2) is 33.9 Å². The molecule has 3 rings (SSSR count). The summed E-state index contributed by atoms with van der Waals surface area (Å²) in [6.45, 7) is 4.59. The van der Waals surface area contributed by atoms with Crippen molar-refractivity contribution in [3.05, 3.63) is 75.6 Å². The molecule has 150 valence electrons. The van der Waals surface area contributed by atoms with Gasteiger partial charge in [-0.15, -0.1) is 0 Å². The maximum Gasteiger partial charge on any atom is 0.254 e. The molecule has 3 aromatic rings. The zero-order chi connectivity index (χ0) is 20.8. The molecule has 0 aliphatic heterocycles. The largest absolute Gasteiger partial charge is 0.370 e. The van der Waals surface area contributed by atoms with Crippen LogP contribution in [-0.2, 0) is 0 Å². The van der Waals surface area contributed by atoms with E-state index in [0.29, 0.717) is 48.0 Å².